The van der Waals surface area contributed by atoms with Gasteiger partial charge in [-0.25, -0.2) is 0 Å². The van der Waals surface area contributed by atoms with Crippen LogP contribution in [-0.4, -0.2) is 15.0 Å². The van der Waals surface area contributed by atoms with E-state index < -0.39 is 9.04 Å². The number of rotatable bonds is 4. The quantitative estimate of drug-likeness (QED) is 0.585. The maximum Gasteiger partial charge on any atom is 0.292 e. The minimum absolute atomic E-state index is 0.0106. The molecule has 0 aromatic carbocycles. The van der Waals surface area contributed by atoms with E-state index in [0.717, 1.165) is 12.5 Å². The maximum atomic E-state index is 10.8. The molecule has 0 N–H and O–H groups in total. The van der Waals surface area contributed by atoms with Crippen molar-refractivity contribution in [2.24, 2.45) is 0 Å². The summed E-state index contributed by atoms with van der Waals surface area (Å²) in [7, 11) is -1.12. The Kier molecular flexibility index (Phi) is 5.30. The zero-order valence-corrected chi connectivity index (χ0v) is 8.17. The van der Waals surface area contributed by atoms with E-state index in [4.69, 9.17) is 4.43 Å². The van der Waals surface area contributed by atoms with Gasteiger partial charge in [-0.3, -0.25) is 4.79 Å². The summed E-state index contributed by atoms with van der Waals surface area (Å²) in [6, 6.07) is 1.04. The molecule has 0 aromatic heterocycles. The van der Waals surface area contributed by atoms with Crippen molar-refractivity contribution in [3.8, 4) is 0 Å². The molecule has 0 aromatic rings. The molecule has 0 aliphatic carbocycles. The standard InChI is InChI=1S/C7H16O2Si/c1-4-6-7(8)9-10(3)5-2/h10H,4-6H2,1-3H3. The molecule has 1 unspecified atom stereocenters. The van der Waals surface area contributed by atoms with E-state index in [-0.39, 0.29) is 5.97 Å². The summed E-state index contributed by atoms with van der Waals surface area (Å²) in [5.74, 6) is -0.0106. The summed E-state index contributed by atoms with van der Waals surface area (Å²) < 4.78 is 5.14. The van der Waals surface area contributed by atoms with Gasteiger partial charge < -0.3 is 4.43 Å². The molecule has 0 aliphatic heterocycles. The number of hydrogen-bond donors (Lipinski definition) is 0. The van der Waals surface area contributed by atoms with Crippen molar-refractivity contribution < 1.29 is 9.22 Å². The van der Waals surface area contributed by atoms with Crippen molar-refractivity contribution in [1.29, 1.82) is 0 Å². The fourth-order valence-corrected chi connectivity index (χ4v) is 1.30. The normalized spacial score (nSPS) is 12.7. The van der Waals surface area contributed by atoms with Crippen molar-refractivity contribution >= 4 is 15.0 Å². The Bertz CT molecular complexity index is 104. The van der Waals surface area contributed by atoms with Crippen molar-refractivity contribution in [2.45, 2.75) is 39.3 Å². The van der Waals surface area contributed by atoms with Crippen molar-refractivity contribution in [1.82, 2.24) is 0 Å². The minimum atomic E-state index is -1.12. The molecule has 60 valence electrons. The second-order valence-corrected chi connectivity index (χ2v) is 5.13. The highest BCUT2D eigenvalue weighted by molar-refractivity contribution is 6.52. The van der Waals surface area contributed by atoms with Crippen molar-refractivity contribution in [2.75, 3.05) is 0 Å². The predicted octanol–water partition coefficient (Wildman–Crippen LogP) is 1.70. The van der Waals surface area contributed by atoms with E-state index in [0.29, 0.717) is 6.42 Å². The molecule has 0 spiro atoms. The summed E-state index contributed by atoms with van der Waals surface area (Å²) in [6.07, 6.45) is 1.47. The first-order chi connectivity index (χ1) is 4.70. The van der Waals surface area contributed by atoms with Gasteiger partial charge in [-0.2, -0.15) is 0 Å². The highest BCUT2D eigenvalue weighted by Gasteiger charge is 2.06. The lowest BCUT2D eigenvalue weighted by molar-refractivity contribution is -0.134. The molecule has 0 bridgehead atoms. The molecule has 0 saturated heterocycles. The molecule has 0 rings (SSSR count). The Labute approximate surface area is 64.3 Å². The first kappa shape index (κ1) is 9.69. The van der Waals surface area contributed by atoms with Gasteiger partial charge in [-0.1, -0.05) is 13.8 Å². The third-order valence-electron chi connectivity index (χ3n) is 1.36. The summed E-state index contributed by atoms with van der Waals surface area (Å²) in [5.41, 5.74) is 0. The van der Waals surface area contributed by atoms with Gasteiger partial charge in [0.2, 0.25) is 9.04 Å². The van der Waals surface area contributed by atoms with Crippen LogP contribution >= 0.6 is 0 Å². The Morgan fingerprint density at radius 2 is 2.10 bits per heavy atom. The van der Waals surface area contributed by atoms with E-state index in [1.807, 2.05) is 13.5 Å². The molecule has 0 heterocycles. The fourth-order valence-electron chi connectivity index (χ4n) is 0.571. The Balaban J connectivity index is 3.37. The molecule has 0 fully saturated rings. The molecule has 0 radical (unpaired) electrons. The van der Waals surface area contributed by atoms with Crippen LogP contribution in [0.15, 0.2) is 0 Å². The van der Waals surface area contributed by atoms with E-state index in [1.54, 1.807) is 0 Å². The molecule has 1 atom stereocenters. The smallest absolute Gasteiger partial charge is 0.292 e. The van der Waals surface area contributed by atoms with Crippen molar-refractivity contribution in [3.63, 3.8) is 0 Å². The zero-order valence-electron chi connectivity index (χ0n) is 7.02. The number of carbonyl (C=O) groups excluding carboxylic acids is 1. The topological polar surface area (TPSA) is 26.3 Å². The Hall–Kier alpha value is -0.313. The highest BCUT2D eigenvalue weighted by atomic mass is 28.3. The highest BCUT2D eigenvalue weighted by Crippen LogP contribution is 1.97. The largest absolute Gasteiger partial charge is 0.522 e. The molecule has 3 heteroatoms. The maximum absolute atomic E-state index is 10.8. The third kappa shape index (κ3) is 4.55. The molecule has 0 amide bonds. The van der Waals surface area contributed by atoms with Crippen LogP contribution in [0.1, 0.15) is 26.7 Å². The van der Waals surface area contributed by atoms with Crippen molar-refractivity contribution in [3.05, 3.63) is 0 Å². The average molecular weight is 160 g/mol. The second-order valence-electron chi connectivity index (χ2n) is 2.46. The van der Waals surface area contributed by atoms with Gasteiger partial charge in [0.25, 0.3) is 5.97 Å². The van der Waals surface area contributed by atoms with Gasteiger partial charge in [-0.15, -0.1) is 0 Å². The van der Waals surface area contributed by atoms with E-state index in [1.165, 1.54) is 0 Å². The van der Waals surface area contributed by atoms with Gasteiger partial charge in [0.15, 0.2) is 0 Å². The molecule has 2 nitrogen and oxygen atoms in total. The summed E-state index contributed by atoms with van der Waals surface area (Å²) in [4.78, 5) is 10.8. The summed E-state index contributed by atoms with van der Waals surface area (Å²) >= 11 is 0. The zero-order chi connectivity index (χ0) is 7.98. The summed E-state index contributed by atoms with van der Waals surface area (Å²) in [5, 5.41) is 0. The predicted molar refractivity (Wildman–Crippen MR) is 44.5 cm³/mol. The lowest BCUT2D eigenvalue weighted by atomic mass is 10.4. The van der Waals surface area contributed by atoms with Crippen LogP contribution in [0, 0.1) is 0 Å². The number of carbonyl (C=O) groups is 1. The monoisotopic (exact) mass is 160 g/mol. The third-order valence-corrected chi connectivity index (χ3v) is 3.18. The Morgan fingerprint density at radius 1 is 1.50 bits per heavy atom. The van der Waals surface area contributed by atoms with Crippen LogP contribution in [0.2, 0.25) is 12.6 Å². The van der Waals surface area contributed by atoms with Gasteiger partial charge in [0, 0.05) is 6.42 Å². The van der Waals surface area contributed by atoms with Crippen LogP contribution in [0.5, 0.6) is 0 Å². The van der Waals surface area contributed by atoms with Gasteiger partial charge in [0.05, 0.1) is 0 Å². The molecule has 0 aliphatic rings. The van der Waals surface area contributed by atoms with Gasteiger partial charge in [-0.05, 0) is 19.0 Å². The molecular formula is C7H16O2Si. The Morgan fingerprint density at radius 3 is 2.50 bits per heavy atom. The van der Waals surface area contributed by atoms with E-state index >= 15 is 0 Å². The van der Waals surface area contributed by atoms with Gasteiger partial charge in [0.1, 0.15) is 0 Å². The van der Waals surface area contributed by atoms with Gasteiger partial charge >= 0.3 is 0 Å². The van der Waals surface area contributed by atoms with Crippen LogP contribution in [0.3, 0.4) is 0 Å². The van der Waals surface area contributed by atoms with Crippen LogP contribution in [0.25, 0.3) is 0 Å². The fraction of sp³-hybridized carbons (Fsp3) is 0.857. The van der Waals surface area contributed by atoms with Crippen LogP contribution in [-0.2, 0) is 9.22 Å². The van der Waals surface area contributed by atoms with E-state index in [2.05, 4.69) is 6.92 Å². The lowest BCUT2D eigenvalue weighted by Crippen LogP contribution is -2.17. The minimum Gasteiger partial charge on any atom is -0.522 e. The van der Waals surface area contributed by atoms with Crippen LogP contribution < -0.4 is 0 Å². The lowest BCUT2D eigenvalue weighted by Gasteiger charge is -2.08. The molecule has 0 saturated carbocycles. The number of hydrogen-bond acceptors (Lipinski definition) is 2. The first-order valence-corrected chi connectivity index (χ1v) is 6.34. The second kappa shape index (κ2) is 5.47. The van der Waals surface area contributed by atoms with E-state index in [9.17, 15) is 4.79 Å². The summed E-state index contributed by atoms with van der Waals surface area (Å²) in [6.45, 7) is 6.10. The first-order valence-electron chi connectivity index (χ1n) is 3.90. The average Bonchev–Trinajstić information content (AvgIpc) is 1.88. The molecular weight excluding hydrogens is 144 g/mol. The molecule has 10 heavy (non-hydrogen) atoms. The van der Waals surface area contributed by atoms with Crippen LogP contribution in [0.4, 0.5) is 0 Å². The SMILES string of the molecule is CCCC(=O)O[SiH](C)CC.